The minimum absolute atomic E-state index is 0.330. The number of rotatable bonds is 4. The third-order valence-electron chi connectivity index (χ3n) is 4.27. The maximum atomic E-state index is 5.91. The summed E-state index contributed by atoms with van der Waals surface area (Å²) in [5.74, 6) is 3.94. The highest BCUT2D eigenvalue weighted by Crippen LogP contribution is 2.39. The number of para-hydroxylation sites is 2. The van der Waals surface area contributed by atoms with Crippen molar-refractivity contribution in [2.45, 2.75) is 17.1 Å². The van der Waals surface area contributed by atoms with Crippen LogP contribution in [-0.2, 0) is 5.75 Å². The standard InChI is InChI=1S/C19H15BrN2O5S/c20-12-8-16-15(23-5-6-24-16)7-11(12)10-28-19-22-21-18(27-19)17-9-25-13-3-1-2-4-14(13)26-17/h1-4,7-8,17H,5-6,9-10H2. The van der Waals surface area contributed by atoms with Crippen molar-refractivity contribution in [2.75, 3.05) is 19.8 Å². The van der Waals surface area contributed by atoms with Crippen LogP contribution in [0.25, 0.3) is 0 Å². The van der Waals surface area contributed by atoms with Crippen molar-refractivity contribution in [3.8, 4) is 23.0 Å². The summed E-state index contributed by atoms with van der Waals surface area (Å²) in [7, 11) is 0. The Morgan fingerprint density at radius 1 is 0.964 bits per heavy atom. The fourth-order valence-electron chi connectivity index (χ4n) is 2.91. The lowest BCUT2D eigenvalue weighted by molar-refractivity contribution is 0.0686. The molecule has 5 rings (SSSR count). The van der Waals surface area contributed by atoms with E-state index in [1.165, 1.54) is 11.8 Å². The molecule has 0 amide bonds. The van der Waals surface area contributed by atoms with E-state index in [0.717, 1.165) is 27.3 Å². The van der Waals surface area contributed by atoms with Gasteiger partial charge >= 0.3 is 0 Å². The number of aromatic nitrogens is 2. The van der Waals surface area contributed by atoms with Crippen LogP contribution in [0.15, 0.2) is 50.5 Å². The first-order chi connectivity index (χ1) is 13.8. The minimum atomic E-state index is -0.419. The van der Waals surface area contributed by atoms with E-state index in [0.29, 0.717) is 42.4 Å². The number of thioether (sulfide) groups is 1. The number of halogens is 1. The molecule has 28 heavy (non-hydrogen) atoms. The Kier molecular flexibility index (Phi) is 4.77. The number of hydrogen-bond acceptors (Lipinski definition) is 8. The van der Waals surface area contributed by atoms with Crippen LogP contribution in [0.2, 0.25) is 0 Å². The fraction of sp³-hybridized carbons (Fsp3) is 0.263. The van der Waals surface area contributed by atoms with Crippen LogP contribution in [0.4, 0.5) is 0 Å². The number of fused-ring (bicyclic) bond motifs is 2. The third-order valence-corrected chi connectivity index (χ3v) is 5.87. The summed E-state index contributed by atoms with van der Waals surface area (Å²) in [5.41, 5.74) is 1.06. The zero-order valence-electron chi connectivity index (χ0n) is 14.6. The van der Waals surface area contributed by atoms with Crippen LogP contribution in [0.1, 0.15) is 17.6 Å². The second kappa shape index (κ2) is 7.56. The van der Waals surface area contributed by atoms with Crippen molar-refractivity contribution in [1.82, 2.24) is 10.2 Å². The predicted octanol–water partition coefficient (Wildman–Crippen LogP) is 4.41. The molecule has 9 heteroatoms. The molecule has 0 N–H and O–H groups in total. The van der Waals surface area contributed by atoms with Crippen molar-refractivity contribution in [3.05, 3.63) is 52.3 Å². The van der Waals surface area contributed by atoms with Gasteiger partial charge in [-0.2, -0.15) is 0 Å². The van der Waals surface area contributed by atoms with Gasteiger partial charge in [0.15, 0.2) is 23.0 Å². The molecule has 1 aromatic heterocycles. The van der Waals surface area contributed by atoms with Gasteiger partial charge in [-0.15, -0.1) is 10.2 Å². The summed E-state index contributed by atoms with van der Waals surface area (Å²) < 4.78 is 29.6. The normalized spacial score (nSPS) is 17.4. The topological polar surface area (TPSA) is 75.8 Å². The SMILES string of the molecule is Brc1cc2c(cc1CSc1nnc(C3COc4ccccc4O3)o1)OCCO2. The molecule has 1 unspecified atom stereocenters. The highest BCUT2D eigenvalue weighted by Gasteiger charge is 2.27. The summed E-state index contributed by atoms with van der Waals surface area (Å²) >= 11 is 5.03. The van der Waals surface area contributed by atoms with Crippen molar-refractivity contribution in [3.63, 3.8) is 0 Å². The maximum absolute atomic E-state index is 5.91. The Hall–Kier alpha value is -2.39. The second-order valence-electron chi connectivity index (χ2n) is 6.15. The molecule has 3 heterocycles. The molecule has 0 spiro atoms. The Labute approximate surface area is 173 Å². The lowest BCUT2D eigenvalue weighted by Gasteiger charge is -2.23. The Bertz CT molecular complexity index is 1010. The Morgan fingerprint density at radius 2 is 1.75 bits per heavy atom. The average Bonchev–Trinajstić information content (AvgIpc) is 3.21. The molecule has 0 aliphatic carbocycles. The van der Waals surface area contributed by atoms with Crippen molar-refractivity contribution in [2.24, 2.45) is 0 Å². The van der Waals surface area contributed by atoms with Crippen LogP contribution in [0, 0.1) is 0 Å². The molecule has 1 atom stereocenters. The van der Waals surface area contributed by atoms with E-state index in [9.17, 15) is 0 Å². The Morgan fingerprint density at radius 3 is 2.61 bits per heavy atom. The summed E-state index contributed by atoms with van der Waals surface area (Å²) in [6, 6.07) is 11.4. The van der Waals surface area contributed by atoms with E-state index in [-0.39, 0.29) is 0 Å². The number of benzene rings is 2. The molecule has 3 aromatic rings. The predicted molar refractivity (Wildman–Crippen MR) is 104 cm³/mol. The maximum Gasteiger partial charge on any atom is 0.277 e. The van der Waals surface area contributed by atoms with E-state index in [4.69, 9.17) is 23.4 Å². The van der Waals surface area contributed by atoms with Gasteiger partial charge in [0.25, 0.3) is 11.1 Å². The first-order valence-corrected chi connectivity index (χ1v) is 10.5. The minimum Gasteiger partial charge on any atom is -0.486 e. The summed E-state index contributed by atoms with van der Waals surface area (Å²) in [5, 5.41) is 8.71. The van der Waals surface area contributed by atoms with Crippen LogP contribution in [-0.4, -0.2) is 30.0 Å². The lowest BCUT2D eigenvalue weighted by Crippen LogP contribution is -2.21. The zero-order valence-corrected chi connectivity index (χ0v) is 17.0. The molecule has 144 valence electrons. The zero-order chi connectivity index (χ0) is 18.9. The van der Waals surface area contributed by atoms with Crippen LogP contribution >= 0.6 is 27.7 Å². The highest BCUT2D eigenvalue weighted by molar-refractivity contribution is 9.10. The average molecular weight is 463 g/mol. The van der Waals surface area contributed by atoms with Gasteiger partial charge in [-0.05, 0) is 29.8 Å². The van der Waals surface area contributed by atoms with E-state index in [1.54, 1.807) is 0 Å². The molecule has 2 aromatic carbocycles. The van der Waals surface area contributed by atoms with Gasteiger partial charge in [-0.25, -0.2) is 0 Å². The molecule has 7 nitrogen and oxygen atoms in total. The van der Waals surface area contributed by atoms with Gasteiger partial charge in [-0.1, -0.05) is 39.8 Å². The lowest BCUT2D eigenvalue weighted by atomic mass is 10.2. The van der Waals surface area contributed by atoms with Gasteiger partial charge < -0.3 is 23.4 Å². The molecule has 0 bridgehead atoms. The molecular weight excluding hydrogens is 448 g/mol. The molecule has 0 saturated heterocycles. The number of hydrogen-bond donors (Lipinski definition) is 0. The summed E-state index contributed by atoms with van der Waals surface area (Å²) in [6.07, 6.45) is -0.419. The largest absolute Gasteiger partial charge is 0.486 e. The molecule has 0 saturated carbocycles. The van der Waals surface area contributed by atoms with Crippen LogP contribution < -0.4 is 18.9 Å². The fourth-order valence-corrected chi connectivity index (χ4v) is 4.32. The van der Waals surface area contributed by atoms with Gasteiger partial charge in [-0.3, -0.25) is 0 Å². The second-order valence-corrected chi connectivity index (χ2v) is 7.93. The van der Waals surface area contributed by atoms with E-state index in [1.807, 2.05) is 36.4 Å². The molecular formula is C19H15BrN2O5S. The first kappa shape index (κ1) is 17.7. The number of nitrogens with zero attached hydrogens (tertiary/aromatic N) is 2. The molecule has 2 aliphatic rings. The first-order valence-electron chi connectivity index (χ1n) is 8.69. The van der Waals surface area contributed by atoms with Crippen molar-refractivity contribution in [1.29, 1.82) is 0 Å². The van der Waals surface area contributed by atoms with Gasteiger partial charge in [0, 0.05) is 10.2 Å². The van der Waals surface area contributed by atoms with E-state index >= 15 is 0 Å². The third kappa shape index (κ3) is 3.51. The monoisotopic (exact) mass is 462 g/mol. The summed E-state index contributed by atoms with van der Waals surface area (Å²) in [6.45, 7) is 1.45. The van der Waals surface area contributed by atoms with Gasteiger partial charge in [0.05, 0.1) is 0 Å². The Balaban J connectivity index is 1.26. The van der Waals surface area contributed by atoms with Gasteiger partial charge in [0.1, 0.15) is 19.8 Å². The van der Waals surface area contributed by atoms with E-state index in [2.05, 4.69) is 26.1 Å². The highest BCUT2D eigenvalue weighted by atomic mass is 79.9. The summed E-state index contributed by atoms with van der Waals surface area (Å²) in [4.78, 5) is 0. The van der Waals surface area contributed by atoms with E-state index < -0.39 is 6.10 Å². The van der Waals surface area contributed by atoms with Crippen molar-refractivity contribution >= 4 is 27.7 Å². The van der Waals surface area contributed by atoms with Gasteiger partial charge in [0.2, 0.25) is 6.10 Å². The smallest absolute Gasteiger partial charge is 0.277 e. The molecule has 0 fully saturated rings. The van der Waals surface area contributed by atoms with Crippen LogP contribution in [0.3, 0.4) is 0 Å². The quantitative estimate of drug-likeness (QED) is 0.527. The van der Waals surface area contributed by atoms with Crippen LogP contribution in [0.5, 0.6) is 23.0 Å². The van der Waals surface area contributed by atoms with Crippen molar-refractivity contribution < 1.29 is 23.4 Å². The number of ether oxygens (including phenoxy) is 4. The molecule has 0 radical (unpaired) electrons. The molecule has 2 aliphatic heterocycles.